The van der Waals surface area contributed by atoms with Crippen molar-refractivity contribution in [3.05, 3.63) is 11.6 Å². The molecular weight excluding hydrogens is 272 g/mol. The average molecular weight is 302 g/mol. The van der Waals surface area contributed by atoms with Gasteiger partial charge in [-0.15, -0.1) is 0 Å². The van der Waals surface area contributed by atoms with Crippen molar-refractivity contribution in [1.82, 2.24) is 0 Å². The highest BCUT2D eigenvalue weighted by molar-refractivity contribution is 5.82. The Morgan fingerprint density at radius 1 is 1.00 bits per heavy atom. The highest BCUT2D eigenvalue weighted by Crippen LogP contribution is 2.67. The molecule has 0 bridgehead atoms. The minimum absolute atomic E-state index is 0.0363. The molecule has 2 nitrogen and oxygen atoms in total. The lowest BCUT2D eigenvalue weighted by Crippen LogP contribution is -2.58. The van der Waals surface area contributed by atoms with Crippen LogP contribution in [0.4, 0.5) is 0 Å². The van der Waals surface area contributed by atoms with Gasteiger partial charge in [0.2, 0.25) is 0 Å². The molecule has 0 aliphatic heterocycles. The molecule has 0 N–H and O–H groups in total. The summed E-state index contributed by atoms with van der Waals surface area (Å²) in [5.74, 6) is 1.06. The van der Waals surface area contributed by atoms with Gasteiger partial charge in [0.15, 0.2) is 0 Å². The normalized spacial score (nSPS) is 46.9. The van der Waals surface area contributed by atoms with Crippen molar-refractivity contribution in [3.63, 3.8) is 0 Å². The Bertz CT molecular complexity index is 518. The van der Waals surface area contributed by atoms with Gasteiger partial charge in [-0.1, -0.05) is 40.2 Å². The van der Waals surface area contributed by atoms with Crippen molar-refractivity contribution < 1.29 is 9.59 Å². The Balaban J connectivity index is 2.06. The van der Waals surface area contributed by atoms with E-state index < -0.39 is 0 Å². The lowest BCUT2D eigenvalue weighted by molar-refractivity contribution is -0.151. The molecule has 5 atom stereocenters. The molecule has 3 aliphatic rings. The van der Waals surface area contributed by atoms with Gasteiger partial charge in [-0.05, 0) is 65.8 Å². The fourth-order valence-electron chi connectivity index (χ4n) is 6.71. The van der Waals surface area contributed by atoms with Gasteiger partial charge in [0.05, 0.1) is 0 Å². The Morgan fingerprint density at radius 2 is 1.73 bits per heavy atom. The second kappa shape index (κ2) is 5.04. The molecule has 0 aromatic heterocycles. The second-order valence-corrected chi connectivity index (χ2v) is 9.17. The summed E-state index contributed by atoms with van der Waals surface area (Å²) in [7, 11) is 0. The van der Waals surface area contributed by atoms with Gasteiger partial charge in [0.25, 0.3) is 0 Å². The van der Waals surface area contributed by atoms with Crippen LogP contribution in [0.2, 0.25) is 0 Å². The fraction of sp³-hybridized carbons (Fsp3) is 0.800. The van der Waals surface area contributed by atoms with Crippen LogP contribution < -0.4 is 0 Å². The largest absolute Gasteiger partial charge is 0.303 e. The van der Waals surface area contributed by atoms with Gasteiger partial charge in [-0.25, -0.2) is 0 Å². The van der Waals surface area contributed by atoms with E-state index in [4.69, 9.17) is 0 Å². The second-order valence-electron chi connectivity index (χ2n) is 9.17. The van der Waals surface area contributed by atoms with Crippen molar-refractivity contribution in [2.45, 2.75) is 66.2 Å². The first kappa shape index (κ1) is 16.0. The van der Waals surface area contributed by atoms with Crippen molar-refractivity contribution >= 4 is 12.6 Å². The molecule has 0 saturated heterocycles. The van der Waals surface area contributed by atoms with Crippen molar-refractivity contribution in [2.75, 3.05) is 0 Å². The van der Waals surface area contributed by atoms with Crippen LogP contribution >= 0.6 is 0 Å². The maximum atomic E-state index is 11.8. The molecule has 0 amide bonds. The number of rotatable bonds is 2. The van der Waals surface area contributed by atoms with Gasteiger partial charge in [0.1, 0.15) is 12.6 Å². The van der Waals surface area contributed by atoms with Crippen LogP contribution in [0.1, 0.15) is 66.2 Å². The molecule has 3 aliphatic carbocycles. The maximum absolute atomic E-state index is 11.8. The zero-order valence-corrected chi connectivity index (χ0v) is 14.5. The Labute approximate surface area is 134 Å². The summed E-state index contributed by atoms with van der Waals surface area (Å²) < 4.78 is 0. The highest BCUT2D eigenvalue weighted by Gasteiger charge is 2.60. The van der Waals surface area contributed by atoms with E-state index in [9.17, 15) is 9.59 Å². The number of allylic oxidation sites excluding steroid dienone is 2. The van der Waals surface area contributed by atoms with Gasteiger partial charge in [-0.2, -0.15) is 0 Å². The number of carbonyl (C=O) groups is 2. The molecule has 0 spiro atoms. The SMILES string of the molecule is CC1(C)CCC[C@]2(C)[C@H]3CC=C(C=O)[C@@H](C=O)[C@]3(C)CC[C@@H]12. The third kappa shape index (κ3) is 1.98. The van der Waals surface area contributed by atoms with Crippen LogP contribution in [0.3, 0.4) is 0 Å². The molecule has 2 heteroatoms. The third-order valence-electron chi connectivity index (χ3n) is 7.77. The molecule has 0 heterocycles. The van der Waals surface area contributed by atoms with Gasteiger partial charge in [0, 0.05) is 5.92 Å². The molecule has 0 aromatic carbocycles. The minimum Gasteiger partial charge on any atom is -0.303 e. The summed E-state index contributed by atoms with van der Waals surface area (Å²) in [5, 5.41) is 0. The van der Waals surface area contributed by atoms with Gasteiger partial charge < -0.3 is 4.79 Å². The van der Waals surface area contributed by atoms with Crippen LogP contribution in [0.5, 0.6) is 0 Å². The van der Waals surface area contributed by atoms with Gasteiger partial charge >= 0.3 is 0 Å². The first-order chi connectivity index (χ1) is 10.3. The lowest BCUT2D eigenvalue weighted by Gasteiger charge is -2.64. The number of hydrogen-bond donors (Lipinski definition) is 0. The van der Waals surface area contributed by atoms with E-state index in [1.54, 1.807) is 0 Å². The molecule has 3 rings (SSSR count). The van der Waals surface area contributed by atoms with E-state index in [1.165, 1.54) is 25.7 Å². The third-order valence-corrected chi connectivity index (χ3v) is 7.77. The Hall–Kier alpha value is -0.920. The highest BCUT2D eigenvalue weighted by atomic mass is 16.1. The van der Waals surface area contributed by atoms with E-state index in [2.05, 4.69) is 33.8 Å². The van der Waals surface area contributed by atoms with E-state index in [0.29, 0.717) is 16.7 Å². The first-order valence-corrected chi connectivity index (χ1v) is 8.90. The van der Waals surface area contributed by atoms with Crippen molar-refractivity contribution in [1.29, 1.82) is 0 Å². The number of aldehydes is 2. The summed E-state index contributed by atoms with van der Waals surface area (Å²) in [5.41, 5.74) is 1.40. The summed E-state index contributed by atoms with van der Waals surface area (Å²) in [6, 6.07) is 0. The van der Waals surface area contributed by atoms with Crippen molar-refractivity contribution in [3.8, 4) is 0 Å². The number of carbonyl (C=O) groups excluding carboxylic acids is 2. The summed E-state index contributed by atoms with van der Waals surface area (Å²) in [4.78, 5) is 23.2. The molecule has 2 fully saturated rings. The number of hydrogen-bond acceptors (Lipinski definition) is 2. The minimum atomic E-state index is -0.202. The summed E-state index contributed by atoms with van der Waals surface area (Å²) in [6.07, 6.45) is 11.2. The van der Waals surface area contributed by atoms with Gasteiger partial charge in [-0.3, -0.25) is 4.79 Å². The van der Waals surface area contributed by atoms with Crippen molar-refractivity contribution in [2.24, 2.45) is 34.0 Å². The maximum Gasteiger partial charge on any atom is 0.146 e. The lowest BCUT2D eigenvalue weighted by atomic mass is 9.40. The van der Waals surface area contributed by atoms with E-state index in [0.717, 1.165) is 36.9 Å². The smallest absolute Gasteiger partial charge is 0.146 e. The standard InChI is InChI=1S/C20H30O2/c1-18(2)9-5-10-20(4)16(18)8-11-19(3)15(13-22)14(12-21)6-7-17(19)20/h6,12-13,15-17H,5,7-11H2,1-4H3/t15-,16+,17+,19+,20+/m1/s1. The predicted molar refractivity (Wildman–Crippen MR) is 88.4 cm³/mol. The van der Waals surface area contributed by atoms with Crippen LogP contribution in [0, 0.1) is 34.0 Å². The van der Waals surface area contributed by atoms with Crippen LogP contribution in [-0.4, -0.2) is 12.6 Å². The van der Waals surface area contributed by atoms with Crippen LogP contribution in [0.15, 0.2) is 11.6 Å². The Morgan fingerprint density at radius 3 is 2.36 bits per heavy atom. The number of fused-ring (bicyclic) bond motifs is 3. The fourth-order valence-corrected chi connectivity index (χ4v) is 6.71. The topological polar surface area (TPSA) is 34.1 Å². The van der Waals surface area contributed by atoms with E-state index in [-0.39, 0.29) is 11.3 Å². The molecular formula is C20H30O2. The molecule has 0 aromatic rings. The van der Waals surface area contributed by atoms with Crippen LogP contribution in [0.25, 0.3) is 0 Å². The predicted octanol–water partition coefficient (Wildman–Crippen LogP) is 4.58. The summed E-state index contributed by atoms with van der Waals surface area (Å²) in [6.45, 7) is 9.62. The monoisotopic (exact) mass is 302 g/mol. The first-order valence-electron chi connectivity index (χ1n) is 8.90. The molecule has 0 radical (unpaired) electrons. The summed E-state index contributed by atoms with van der Waals surface area (Å²) >= 11 is 0. The molecule has 0 unspecified atom stereocenters. The van der Waals surface area contributed by atoms with E-state index >= 15 is 0 Å². The van der Waals surface area contributed by atoms with E-state index in [1.807, 2.05) is 0 Å². The Kier molecular flexibility index (Phi) is 3.66. The zero-order chi connectivity index (χ0) is 16.2. The average Bonchev–Trinajstić information content (AvgIpc) is 2.44. The molecule has 22 heavy (non-hydrogen) atoms. The van der Waals surface area contributed by atoms with Crippen LogP contribution in [-0.2, 0) is 9.59 Å². The quantitative estimate of drug-likeness (QED) is 0.700. The molecule has 122 valence electrons. The zero-order valence-electron chi connectivity index (χ0n) is 14.5. The molecule has 2 saturated carbocycles.